The Bertz CT molecular complexity index is 601. The molecule has 0 aliphatic carbocycles. The van der Waals surface area contributed by atoms with Crippen LogP contribution in [0.3, 0.4) is 0 Å². The minimum absolute atomic E-state index is 0.182. The first-order valence-electron chi connectivity index (χ1n) is 5.76. The Kier molecular flexibility index (Phi) is 4.41. The molecule has 1 unspecified atom stereocenters. The van der Waals surface area contributed by atoms with Crippen LogP contribution >= 0.6 is 31.9 Å². The van der Waals surface area contributed by atoms with Gasteiger partial charge in [0.05, 0.1) is 4.83 Å². The van der Waals surface area contributed by atoms with Gasteiger partial charge >= 0.3 is 0 Å². The van der Waals surface area contributed by atoms with Crippen LogP contribution in [-0.2, 0) is 0 Å². The van der Waals surface area contributed by atoms with E-state index in [9.17, 15) is 8.78 Å². The van der Waals surface area contributed by atoms with Crippen molar-refractivity contribution in [1.29, 1.82) is 0 Å². The molecular weight excluding hydrogens is 378 g/mol. The van der Waals surface area contributed by atoms with Crippen LogP contribution in [0.2, 0.25) is 0 Å². The molecule has 1 atom stereocenters. The molecule has 0 bridgehead atoms. The van der Waals surface area contributed by atoms with Gasteiger partial charge in [-0.05, 0) is 66.4 Å². The van der Waals surface area contributed by atoms with E-state index in [1.807, 2.05) is 13.8 Å². The third kappa shape index (κ3) is 3.06. The Balaban J connectivity index is 2.56. The van der Waals surface area contributed by atoms with Gasteiger partial charge in [0.15, 0.2) is 0 Å². The first kappa shape index (κ1) is 14.7. The molecule has 0 saturated carbocycles. The molecular formula is C15H12Br2F2. The van der Waals surface area contributed by atoms with Gasteiger partial charge < -0.3 is 0 Å². The molecule has 0 amide bonds. The minimum Gasteiger partial charge on any atom is -0.207 e. The maximum absolute atomic E-state index is 13.4. The number of rotatable bonds is 2. The third-order valence-corrected chi connectivity index (χ3v) is 4.72. The lowest BCUT2D eigenvalue weighted by atomic mass is 9.96. The van der Waals surface area contributed by atoms with Gasteiger partial charge in [-0.1, -0.05) is 31.9 Å². The van der Waals surface area contributed by atoms with E-state index in [1.165, 1.54) is 24.3 Å². The molecule has 0 aromatic heterocycles. The molecule has 0 N–H and O–H groups in total. The van der Waals surface area contributed by atoms with Gasteiger partial charge in [0, 0.05) is 4.47 Å². The summed E-state index contributed by atoms with van der Waals surface area (Å²) in [6, 6.07) is 7.53. The predicted molar refractivity (Wildman–Crippen MR) is 80.7 cm³/mol. The molecule has 0 saturated heterocycles. The van der Waals surface area contributed by atoms with E-state index < -0.39 is 0 Å². The summed E-state index contributed by atoms with van der Waals surface area (Å²) in [4.78, 5) is -0.182. The molecule has 0 aliphatic heterocycles. The van der Waals surface area contributed by atoms with E-state index in [-0.39, 0.29) is 16.5 Å². The maximum atomic E-state index is 13.4. The zero-order valence-corrected chi connectivity index (χ0v) is 13.6. The van der Waals surface area contributed by atoms with Gasteiger partial charge in [-0.3, -0.25) is 0 Å². The smallest absolute Gasteiger partial charge is 0.123 e. The number of hydrogen-bond acceptors (Lipinski definition) is 0. The van der Waals surface area contributed by atoms with E-state index in [0.29, 0.717) is 0 Å². The quantitative estimate of drug-likeness (QED) is 0.567. The molecule has 19 heavy (non-hydrogen) atoms. The van der Waals surface area contributed by atoms with Crippen LogP contribution in [0.25, 0.3) is 0 Å². The van der Waals surface area contributed by atoms with Gasteiger partial charge in [0.2, 0.25) is 0 Å². The average Bonchev–Trinajstić information content (AvgIpc) is 2.30. The summed E-state index contributed by atoms with van der Waals surface area (Å²) in [5.41, 5.74) is 3.44. The molecule has 0 spiro atoms. The summed E-state index contributed by atoms with van der Waals surface area (Å²) in [6.45, 7) is 3.71. The molecule has 2 rings (SSSR count). The Morgan fingerprint density at radius 3 is 2.11 bits per heavy atom. The first-order valence-corrected chi connectivity index (χ1v) is 7.46. The fourth-order valence-electron chi connectivity index (χ4n) is 2.19. The lowest BCUT2D eigenvalue weighted by Crippen LogP contribution is -2.01. The van der Waals surface area contributed by atoms with E-state index in [0.717, 1.165) is 26.7 Å². The number of halogens is 4. The van der Waals surface area contributed by atoms with E-state index >= 15 is 0 Å². The van der Waals surface area contributed by atoms with Crippen molar-refractivity contribution in [3.05, 3.63) is 68.7 Å². The van der Waals surface area contributed by atoms with Gasteiger partial charge in [-0.2, -0.15) is 0 Å². The van der Waals surface area contributed by atoms with Crippen molar-refractivity contribution < 1.29 is 8.78 Å². The van der Waals surface area contributed by atoms with Crippen LogP contribution < -0.4 is 0 Å². The number of benzene rings is 2. The number of aryl methyl sites for hydroxylation is 2. The zero-order chi connectivity index (χ0) is 14.2. The van der Waals surface area contributed by atoms with Gasteiger partial charge in [-0.15, -0.1) is 0 Å². The fourth-order valence-corrected chi connectivity index (χ4v) is 4.07. The molecule has 100 valence electrons. The van der Waals surface area contributed by atoms with Crippen molar-refractivity contribution >= 4 is 31.9 Å². The van der Waals surface area contributed by atoms with Crippen molar-refractivity contribution in [2.75, 3.05) is 0 Å². The highest BCUT2D eigenvalue weighted by atomic mass is 79.9. The second kappa shape index (κ2) is 5.71. The van der Waals surface area contributed by atoms with Gasteiger partial charge in [-0.25, -0.2) is 8.78 Å². The number of alkyl halides is 1. The Morgan fingerprint density at radius 1 is 0.947 bits per heavy atom. The van der Waals surface area contributed by atoms with Crippen LogP contribution in [-0.4, -0.2) is 0 Å². The monoisotopic (exact) mass is 388 g/mol. The largest absolute Gasteiger partial charge is 0.207 e. The topological polar surface area (TPSA) is 0 Å². The molecule has 2 aromatic carbocycles. The van der Waals surface area contributed by atoms with Crippen molar-refractivity contribution in [2.45, 2.75) is 18.7 Å². The highest BCUT2D eigenvalue weighted by molar-refractivity contribution is 9.11. The highest BCUT2D eigenvalue weighted by Crippen LogP contribution is 2.38. The summed E-state index contributed by atoms with van der Waals surface area (Å²) in [7, 11) is 0. The fraction of sp³-hybridized carbons (Fsp3) is 0.200. The lowest BCUT2D eigenvalue weighted by Gasteiger charge is -2.18. The third-order valence-electron chi connectivity index (χ3n) is 3.04. The van der Waals surface area contributed by atoms with Crippen LogP contribution in [0.15, 0.2) is 34.8 Å². The van der Waals surface area contributed by atoms with Crippen LogP contribution in [0.1, 0.15) is 27.1 Å². The van der Waals surface area contributed by atoms with Gasteiger partial charge in [0.25, 0.3) is 0 Å². The molecule has 0 heterocycles. The minimum atomic E-state index is -0.292. The second-order valence-corrected chi connectivity index (χ2v) is 6.25. The summed E-state index contributed by atoms with van der Waals surface area (Å²) in [5.74, 6) is -0.545. The van der Waals surface area contributed by atoms with Crippen LogP contribution in [0.5, 0.6) is 0 Å². The lowest BCUT2D eigenvalue weighted by molar-refractivity contribution is 0.622. The Morgan fingerprint density at radius 2 is 1.53 bits per heavy atom. The molecule has 0 nitrogen and oxygen atoms in total. The summed E-state index contributed by atoms with van der Waals surface area (Å²) in [6.07, 6.45) is 0. The van der Waals surface area contributed by atoms with Crippen molar-refractivity contribution in [1.82, 2.24) is 0 Å². The van der Waals surface area contributed by atoms with E-state index in [2.05, 4.69) is 31.9 Å². The van der Waals surface area contributed by atoms with Crippen molar-refractivity contribution in [2.24, 2.45) is 0 Å². The van der Waals surface area contributed by atoms with Crippen LogP contribution in [0.4, 0.5) is 8.78 Å². The molecule has 4 heteroatoms. The molecule has 2 aromatic rings. The molecule has 0 aliphatic rings. The second-order valence-electron chi connectivity index (χ2n) is 4.48. The summed E-state index contributed by atoms with van der Waals surface area (Å²) in [5, 5.41) is 0. The van der Waals surface area contributed by atoms with Crippen LogP contribution in [0, 0.1) is 25.5 Å². The van der Waals surface area contributed by atoms with Crippen molar-refractivity contribution in [3.63, 3.8) is 0 Å². The standard InChI is InChI=1S/C15H12Br2F2/c1-8-5-11(19)6-9(2)14(8)15(17)12-7-10(18)3-4-13(12)16/h3-7,15H,1-2H3. The van der Waals surface area contributed by atoms with Crippen molar-refractivity contribution in [3.8, 4) is 0 Å². The van der Waals surface area contributed by atoms with E-state index in [4.69, 9.17) is 0 Å². The Labute approximate surface area is 128 Å². The van der Waals surface area contributed by atoms with Gasteiger partial charge in [0.1, 0.15) is 11.6 Å². The molecule has 0 fully saturated rings. The van der Waals surface area contributed by atoms with E-state index in [1.54, 1.807) is 6.07 Å². The molecule has 0 radical (unpaired) electrons. The first-order chi connectivity index (χ1) is 8.90. The average molecular weight is 390 g/mol. The number of hydrogen-bond donors (Lipinski definition) is 0. The highest BCUT2D eigenvalue weighted by Gasteiger charge is 2.19. The SMILES string of the molecule is Cc1cc(F)cc(C)c1C(Br)c1cc(F)ccc1Br. The zero-order valence-electron chi connectivity index (χ0n) is 10.5. The summed E-state index contributed by atoms with van der Waals surface area (Å²) >= 11 is 7.01. The Hall–Kier alpha value is -0.740. The normalized spacial score (nSPS) is 12.5. The maximum Gasteiger partial charge on any atom is 0.123 e. The predicted octanol–water partition coefficient (Wildman–Crippen LogP) is 5.83. The summed E-state index contributed by atoms with van der Waals surface area (Å²) < 4.78 is 27.5.